The molecule has 0 radical (unpaired) electrons. The Kier molecular flexibility index (Phi) is 6.59. The Balaban J connectivity index is 1.58. The van der Waals surface area contributed by atoms with Crippen molar-refractivity contribution in [2.75, 3.05) is 26.2 Å². The number of piperidine rings is 2. The molecular formula is C20H26F6N2. The number of hydrogen-bond donors (Lipinski definition) is 0. The van der Waals surface area contributed by atoms with Gasteiger partial charge in [-0.25, -0.2) is 0 Å². The van der Waals surface area contributed by atoms with Crippen LogP contribution in [0.25, 0.3) is 0 Å². The van der Waals surface area contributed by atoms with Gasteiger partial charge in [0, 0.05) is 26.2 Å². The van der Waals surface area contributed by atoms with Gasteiger partial charge < -0.3 is 0 Å². The van der Waals surface area contributed by atoms with Crippen LogP contribution in [0.3, 0.4) is 0 Å². The van der Waals surface area contributed by atoms with Crippen LogP contribution in [0.1, 0.15) is 36.8 Å². The molecule has 2 heterocycles. The maximum absolute atomic E-state index is 13.0. The van der Waals surface area contributed by atoms with Crippen molar-refractivity contribution in [2.24, 2.45) is 11.8 Å². The zero-order valence-corrected chi connectivity index (χ0v) is 15.7. The van der Waals surface area contributed by atoms with Gasteiger partial charge >= 0.3 is 12.4 Å². The molecule has 0 spiro atoms. The van der Waals surface area contributed by atoms with Crippen molar-refractivity contribution in [3.05, 3.63) is 35.4 Å². The lowest BCUT2D eigenvalue weighted by Crippen LogP contribution is -2.41. The highest BCUT2D eigenvalue weighted by atomic mass is 19.4. The summed E-state index contributed by atoms with van der Waals surface area (Å²) < 4.78 is 77.9. The molecule has 3 rings (SSSR count). The van der Waals surface area contributed by atoms with Gasteiger partial charge in [0.15, 0.2) is 0 Å². The van der Waals surface area contributed by atoms with E-state index in [1.165, 1.54) is 0 Å². The number of hydrogen-bond acceptors (Lipinski definition) is 2. The zero-order valence-electron chi connectivity index (χ0n) is 15.7. The summed E-state index contributed by atoms with van der Waals surface area (Å²) in [7, 11) is 0. The van der Waals surface area contributed by atoms with Crippen LogP contribution in [-0.4, -0.2) is 48.3 Å². The molecule has 0 amide bonds. The molecule has 8 heteroatoms. The Morgan fingerprint density at radius 3 is 1.57 bits per heavy atom. The van der Waals surface area contributed by atoms with Crippen LogP contribution in [0.15, 0.2) is 24.3 Å². The minimum atomic E-state index is -4.16. The number of rotatable bonds is 4. The van der Waals surface area contributed by atoms with Gasteiger partial charge in [-0.3, -0.25) is 9.80 Å². The maximum Gasteiger partial charge on any atom is 0.393 e. The largest absolute Gasteiger partial charge is 0.393 e. The molecule has 28 heavy (non-hydrogen) atoms. The molecule has 2 saturated heterocycles. The van der Waals surface area contributed by atoms with Crippen LogP contribution in [0.4, 0.5) is 26.3 Å². The first-order chi connectivity index (χ1) is 13.1. The van der Waals surface area contributed by atoms with Gasteiger partial charge in [-0.15, -0.1) is 0 Å². The van der Waals surface area contributed by atoms with E-state index in [1.807, 2.05) is 34.1 Å². The lowest BCUT2D eigenvalue weighted by molar-refractivity contribution is -0.187. The van der Waals surface area contributed by atoms with Crippen LogP contribution < -0.4 is 0 Å². The summed E-state index contributed by atoms with van der Waals surface area (Å²) in [6, 6.07) is 7.49. The van der Waals surface area contributed by atoms with Gasteiger partial charge in [-0.05, 0) is 49.9 Å². The second kappa shape index (κ2) is 8.61. The molecule has 0 bridgehead atoms. The number of likely N-dealkylation sites (tertiary alicyclic amines) is 2. The molecule has 0 saturated carbocycles. The standard InChI is InChI=1S/C20H26F6N2/c21-19(22,23)17-6-2-8-27(13-17)11-15-4-1-5-16(10-15)12-28-9-3-7-18(14-28)20(24,25)26/h1,4-5,10,17-18H,2-3,6-9,11-14H2. The molecule has 0 N–H and O–H groups in total. The monoisotopic (exact) mass is 408 g/mol. The Morgan fingerprint density at radius 2 is 1.18 bits per heavy atom. The number of halogens is 6. The summed E-state index contributed by atoms with van der Waals surface area (Å²) in [5, 5.41) is 0. The van der Waals surface area contributed by atoms with E-state index >= 15 is 0 Å². The smallest absolute Gasteiger partial charge is 0.298 e. The fraction of sp³-hybridized carbons (Fsp3) is 0.700. The van der Waals surface area contributed by atoms with E-state index in [4.69, 9.17) is 0 Å². The summed E-state index contributed by atoms with van der Waals surface area (Å²) in [5.74, 6) is -2.56. The predicted molar refractivity (Wildman–Crippen MR) is 94.6 cm³/mol. The SMILES string of the molecule is FC(F)(F)C1CCCN(Cc2cccc(CN3CCCC(C(F)(F)F)C3)c2)C1. The van der Waals surface area contributed by atoms with Crippen LogP contribution >= 0.6 is 0 Å². The highest BCUT2D eigenvalue weighted by Gasteiger charge is 2.42. The van der Waals surface area contributed by atoms with E-state index in [0.29, 0.717) is 39.0 Å². The van der Waals surface area contributed by atoms with Crippen molar-refractivity contribution in [1.82, 2.24) is 9.80 Å². The second-order valence-corrected chi connectivity index (χ2v) is 8.05. The fourth-order valence-electron chi connectivity index (χ4n) is 4.28. The van der Waals surface area contributed by atoms with E-state index in [9.17, 15) is 26.3 Å². The van der Waals surface area contributed by atoms with Gasteiger partial charge in [0.1, 0.15) is 0 Å². The maximum atomic E-state index is 13.0. The minimum Gasteiger partial charge on any atom is -0.298 e. The molecule has 158 valence electrons. The molecule has 2 unspecified atom stereocenters. The third-order valence-electron chi connectivity index (χ3n) is 5.74. The normalized spacial score (nSPS) is 25.8. The van der Waals surface area contributed by atoms with Crippen LogP contribution in [0.5, 0.6) is 0 Å². The highest BCUT2D eigenvalue weighted by molar-refractivity contribution is 5.23. The molecule has 1 aromatic rings. The topological polar surface area (TPSA) is 6.48 Å². The number of alkyl halides is 6. The number of benzene rings is 1. The average Bonchev–Trinajstić information content (AvgIpc) is 2.61. The number of nitrogens with zero attached hydrogens (tertiary/aromatic N) is 2. The summed E-state index contributed by atoms with van der Waals surface area (Å²) in [6.45, 7) is 2.16. The van der Waals surface area contributed by atoms with Crippen LogP contribution in [-0.2, 0) is 13.1 Å². The lowest BCUT2D eigenvalue weighted by atomic mass is 9.96. The Hall–Kier alpha value is -1.28. The van der Waals surface area contributed by atoms with Crippen LogP contribution in [0.2, 0.25) is 0 Å². The third-order valence-corrected chi connectivity index (χ3v) is 5.74. The van der Waals surface area contributed by atoms with Gasteiger partial charge in [0.05, 0.1) is 11.8 Å². The molecule has 2 atom stereocenters. The summed E-state index contributed by atoms with van der Waals surface area (Å²) >= 11 is 0. The molecule has 2 nitrogen and oxygen atoms in total. The van der Waals surface area contributed by atoms with E-state index in [1.54, 1.807) is 0 Å². The van der Waals surface area contributed by atoms with Gasteiger partial charge in [0.2, 0.25) is 0 Å². The Morgan fingerprint density at radius 1 is 0.750 bits per heavy atom. The van der Waals surface area contributed by atoms with Gasteiger partial charge in [0.25, 0.3) is 0 Å². The zero-order chi connectivity index (χ0) is 20.4. The molecule has 2 aliphatic heterocycles. The van der Waals surface area contributed by atoms with E-state index in [-0.39, 0.29) is 25.9 Å². The summed E-state index contributed by atoms with van der Waals surface area (Å²) in [5.41, 5.74) is 1.81. The fourth-order valence-corrected chi connectivity index (χ4v) is 4.28. The van der Waals surface area contributed by atoms with Crippen molar-refractivity contribution >= 4 is 0 Å². The predicted octanol–water partition coefficient (Wildman–Crippen LogP) is 5.24. The Labute approximate surface area is 161 Å². The average molecular weight is 408 g/mol. The first kappa shape index (κ1) is 21.4. The molecule has 0 aliphatic carbocycles. The molecule has 2 fully saturated rings. The lowest BCUT2D eigenvalue weighted by Gasteiger charge is -2.34. The second-order valence-electron chi connectivity index (χ2n) is 8.05. The summed E-state index contributed by atoms with van der Waals surface area (Å²) in [6.07, 6.45) is -6.93. The molecule has 1 aromatic carbocycles. The van der Waals surface area contributed by atoms with Crippen molar-refractivity contribution in [2.45, 2.75) is 51.1 Å². The van der Waals surface area contributed by atoms with Crippen molar-refractivity contribution in [1.29, 1.82) is 0 Å². The molecular weight excluding hydrogens is 382 g/mol. The van der Waals surface area contributed by atoms with Crippen molar-refractivity contribution in [3.63, 3.8) is 0 Å². The van der Waals surface area contributed by atoms with Gasteiger partial charge in [-0.1, -0.05) is 24.3 Å². The molecule has 0 aromatic heterocycles. The van der Waals surface area contributed by atoms with E-state index < -0.39 is 24.2 Å². The van der Waals surface area contributed by atoms with Crippen LogP contribution in [0, 0.1) is 11.8 Å². The van der Waals surface area contributed by atoms with Crippen molar-refractivity contribution < 1.29 is 26.3 Å². The van der Waals surface area contributed by atoms with E-state index in [0.717, 1.165) is 11.1 Å². The minimum absolute atomic E-state index is 0.00706. The first-order valence-corrected chi connectivity index (χ1v) is 9.77. The molecule has 2 aliphatic rings. The Bertz CT molecular complexity index is 591. The third kappa shape index (κ3) is 5.86. The van der Waals surface area contributed by atoms with Crippen molar-refractivity contribution in [3.8, 4) is 0 Å². The first-order valence-electron chi connectivity index (χ1n) is 9.77. The quantitative estimate of drug-likeness (QED) is 0.629. The highest BCUT2D eigenvalue weighted by Crippen LogP contribution is 2.34. The van der Waals surface area contributed by atoms with Gasteiger partial charge in [-0.2, -0.15) is 26.3 Å². The van der Waals surface area contributed by atoms with E-state index in [2.05, 4.69) is 0 Å². The summed E-state index contributed by atoms with van der Waals surface area (Å²) in [4.78, 5) is 3.64.